The molecule has 1 unspecified atom stereocenters. The molecule has 0 aromatic carbocycles. The summed E-state index contributed by atoms with van der Waals surface area (Å²) in [5, 5.41) is 4.86. The molecule has 0 aliphatic carbocycles. The second kappa shape index (κ2) is 5.78. The second-order valence-corrected chi connectivity index (χ2v) is 6.43. The van der Waals surface area contributed by atoms with Gasteiger partial charge in [-0.25, -0.2) is 4.98 Å². The minimum absolute atomic E-state index is 0.414. The van der Waals surface area contributed by atoms with Crippen LogP contribution in [0.25, 0.3) is 0 Å². The predicted molar refractivity (Wildman–Crippen MR) is 72.1 cm³/mol. The normalized spacial score (nSPS) is 13.8. The first-order chi connectivity index (χ1) is 7.40. The summed E-state index contributed by atoms with van der Waals surface area (Å²) in [6.07, 6.45) is 1.16. The monoisotopic (exact) mass is 240 g/mol. The minimum atomic E-state index is 0.414. The number of nitrogens with one attached hydrogen (secondary N) is 1. The summed E-state index contributed by atoms with van der Waals surface area (Å²) in [6, 6.07) is 0.922. The third kappa shape index (κ3) is 3.87. The highest BCUT2D eigenvalue weighted by Gasteiger charge is 2.18. The zero-order valence-corrected chi connectivity index (χ0v) is 12.1. The Labute approximate surface area is 103 Å². The molecule has 0 radical (unpaired) electrons. The number of thiazole rings is 1. The number of rotatable bonds is 5. The van der Waals surface area contributed by atoms with Gasteiger partial charge in [-0.3, -0.25) is 0 Å². The lowest BCUT2D eigenvalue weighted by molar-refractivity contribution is 0.399. The first-order valence-electron chi connectivity index (χ1n) is 6.10. The topological polar surface area (TPSA) is 24.9 Å². The van der Waals surface area contributed by atoms with Crippen molar-refractivity contribution in [1.82, 2.24) is 10.3 Å². The second-order valence-electron chi connectivity index (χ2n) is 5.20. The van der Waals surface area contributed by atoms with E-state index >= 15 is 0 Å². The molecule has 0 aliphatic rings. The molecule has 2 nitrogen and oxygen atoms in total. The molecule has 0 aliphatic heterocycles. The van der Waals surface area contributed by atoms with Crippen molar-refractivity contribution in [2.24, 2.45) is 5.92 Å². The smallest absolute Gasteiger partial charge is 0.110 e. The highest BCUT2D eigenvalue weighted by Crippen LogP contribution is 2.27. The molecule has 0 spiro atoms. The Kier molecular flexibility index (Phi) is 4.93. The molecule has 1 aromatic rings. The van der Waals surface area contributed by atoms with E-state index in [1.807, 2.05) is 11.3 Å². The average Bonchev–Trinajstić information content (AvgIpc) is 2.44. The quantitative estimate of drug-likeness (QED) is 0.845. The van der Waals surface area contributed by atoms with E-state index in [2.05, 4.69) is 51.8 Å². The Morgan fingerprint density at radius 1 is 1.19 bits per heavy atom. The van der Waals surface area contributed by atoms with Crippen LogP contribution in [0.4, 0.5) is 0 Å². The maximum Gasteiger partial charge on any atom is 0.110 e. The standard InChI is InChI=1S/C13H24N2S/c1-8(2)7-12(14-9(3)4)13-15-10(5)11(6)16-13/h8-9,12,14H,7H2,1-6H3. The Balaban J connectivity index is 2.82. The number of nitrogens with zero attached hydrogens (tertiary/aromatic N) is 1. The van der Waals surface area contributed by atoms with E-state index in [4.69, 9.17) is 0 Å². The van der Waals surface area contributed by atoms with Crippen LogP contribution in [0.1, 0.15) is 55.7 Å². The largest absolute Gasteiger partial charge is 0.306 e. The van der Waals surface area contributed by atoms with Crippen LogP contribution in [0.5, 0.6) is 0 Å². The lowest BCUT2D eigenvalue weighted by atomic mass is 10.0. The lowest BCUT2D eigenvalue weighted by Gasteiger charge is -2.21. The molecule has 0 fully saturated rings. The van der Waals surface area contributed by atoms with E-state index in [1.54, 1.807) is 0 Å². The van der Waals surface area contributed by atoms with Gasteiger partial charge in [-0.2, -0.15) is 0 Å². The fourth-order valence-corrected chi connectivity index (χ4v) is 2.76. The summed E-state index contributed by atoms with van der Waals surface area (Å²) >= 11 is 1.83. The zero-order valence-electron chi connectivity index (χ0n) is 11.3. The van der Waals surface area contributed by atoms with Crippen molar-refractivity contribution in [3.05, 3.63) is 15.6 Å². The van der Waals surface area contributed by atoms with Gasteiger partial charge >= 0.3 is 0 Å². The van der Waals surface area contributed by atoms with Crippen molar-refractivity contribution in [2.45, 2.75) is 60.0 Å². The SMILES string of the molecule is Cc1nc(C(CC(C)C)NC(C)C)sc1C. The van der Waals surface area contributed by atoms with Crippen LogP contribution in [0.15, 0.2) is 0 Å². The fraction of sp³-hybridized carbons (Fsp3) is 0.769. The molecule has 1 aromatic heterocycles. The Bertz CT molecular complexity index is 299. The van der Waals surface area contributed by atoms with Gasteiger partial charge in [0.1, 0.15) is 5.01 Å². The summed E-state index contributed by atoms with van der Waals surface area (Å²) in [5.41, 5.74) is 1.18. The Morgan fingerprint density at radius 2 is 1.81 bits per heavy atom. The summed E-state index contributed by atoms with van der Waals surface area (Å²) in [7, 11) is 0. The molecule has 0 bridgehead atoms. The highest BCUT2D eigenvalue weighted by molar-refractivity contribution is 7.11. The fourth-order valence-electron chi connectivity index (χ4n) is 1.76. The summed E-state index contributed by atoms with van der Waals surface area (Å²) < 4.78 is 0. The van der Waals surface area contributed by atoms with Crippen LogP contribution in [0.2, 0.25) is 0 Å². The molecule has 16 heavy (non-hydrogen) atoms. The van der Waals surface area contributed by atoms with Crippen molar-refractivity contribution >= 4 is 11.3 Å². The minimum Gasteiger partial charge on any atom is -0.306 e. The third-order valence-electron chi connectivity index (χ3n) is 2.58. The molecule has 1 N–H and O–H groups in total. The van der Waals surface area contributed by atoms with Crippen molar-refractivity contribution in [1.29, 1.82) is 0 Å². The number of aryl methyl sites for hydroxylation is 2. The van der Waals surface area contributed by atoms with Gasteiger partial charge in [0.05, 0.1) is 11.7 Å². The number of hydrogen-bond acceptors (Lipinski definition) is 3. The molecular formula is C13H24N2S. The predicted octanol–water partition coefficient (Wildman–Crippen LogP) is 3.85. The van der Waals surface area contributed by atoms with E-state index in [-0.39, 0.29) is 0 Å². The molecule has 0 amide bonds. The zero-order chi connectivity index (χ0) is 12.3. The third-order valence-corrected chi connectivity index (χ3v) is 3.77. The Morgan fingerprint density at radius 3 is 2.19 bits per heavy atom. The van der Waals surface area contributed by atoms with Crippen molar-refractivity contribution in [2.75, 3.05) is 0 Å². The number of aromatic nitrogens is 1. The first-order valence-corrected chi connectivity index (χ1v) is 6.91. The van der Waals surface area contributed by atoms with Gasteiger partial charge in [-0.1, -0.05) is 27.7 Å². The van der Waals surface area contributed by atoms with Crippen molar-refractivity contribution in [3.63, 3.8) is 0 Å². The van der Waals surface area contributed by atoms with E-state index in [9.17, 15) is 0 Å². The molecule has 0 saturated heterocycles. The molecule has 3 heteroatoms. The lowest BCUT2D eigenvalue weighted by Crippen LogP contribution is -2.29. The first kappa shape index (κ1) is 13.7. The summed E-state index contributed by atoms with van der Waals surface area (Å²) in [5.74, 6) is 0.695. The molecule has 0 saturated carbocycles. The van der Waals surface area contributed by atoms with Crippen LogP contribution < -0.4 is 5.32 Å². The number of hydrogen-bond donors (Lipinski definition) is 1. The van der Waals surface area contributed by atoms with Gasteiger partial charge in [0.25, 0.3) is 0 Å². The molecular weight excluding hydrogens is 216 g/mol. The van der Waals surface area contributed by atoms with Crippen LogP contribution in [-0.4, -0.2) is 11.0 Å². The molecule has 92 valence electrons. The summed E-state index contributed by atoms with van der Waals surface area (Å²) in [6.45, 7) is 13.2. The van der Waals surface area contributed by atoms with Gasteiger partial charge in [-0.05, 0) is 26.2 Å². The highest BCUT2D eigenvalue weighted by atomic mass is 32.1. The van der Waals surface area contributed by atoms with Gasteiger partial charge in [0.2, 0.25) is 0 Å². The van der Waals surface area contributed by atoms with Crippen LogP contribution in [-0.2, 0) is 0 Å². The van der Waals surface area contributed by atoms with Gasteiger partial charge in [0.15, 0.2) is 0 Å². The van der Waals surface area contributed by atoms with E-state index < -0.39 is 0 Å². The van der Waals surface area contributed by atoms with Crippen molar-refractivity contribution in [3.8, 4) is 0 Å². The van der Waals surface area contributed by atoms with Gasteiger partial charge in [-0.15, -0.1) is 11.3 Å². The summed E-state index contributed by atoms with van der Waals surface area (Å²) in [4.78, 5) is 6.01. The molecule has 1 rings (SSSR count). The Hall–Kier alpha value is -0.410. The maximum absolute atomic E-state index is 4.67. The van der Waals surface area contributed by atoms with E-state index in [0.717, 1.165) is 6.42 Å². The van der Waals surface area contributed by atoms with Crippen LogP contribution >= 0.6 is 11.3 Å². The van der Waals surface area contributed by atoms with Crippen LogP contribution in [0, 0.1) is 19.8 Å². The van der Waals surface area contributed by atoms with Crippen molar-refractivity contribution < 1.29 is 0 Å². The van der Waals surface area contributed by atoms with Gasteiger partial charge in [0, 0.05) is 10.9 Å². The molecule has 1 atom stereocenters. The average molecular weight is 240 g/mol. The van der Waals surface area contributed by atoms with Gasteiger partial charge < -0.3 is 5.32 Å². The van der Waals surface area contributed by atoms with E-state index in [1.165, 1.54) is 15.6 Å². The maximum atomic E-state index is 4.67. The molecule has 1 heterocycles. The van der Waals surface area contributed by atoms with E-state index in [0.29, 0.717) is 18.0 Å². The van der Waals surface area contributed by atoms with Crippen LogP contribution in [0.3, 0.4) is 0 Å².